The number of aliphatic hydroxyl groups is 1. The molecule has 1 rings (SSSR count). The first-order chi connectivity index (χ1) is 3.83. The highest BCUT2D eigenvalue weighted by Gasteiger charge is 2.11. The van der Waals surface area contributed by atoms with Crippen LogP contribution in [-0.2, 0) is 0 Å². The molecule has 0 bridgehead atoms. The molecule has 2 nitrogen and oxygen atoms in total. The van der Waals surface area contributed by atoms with E-state index in [0.717, 1.165) is 10.8 Å². The smallest absolute Gasteiger partial charge is 0.0935 e. The zero-order chi connectivity index (χ0) is 5.98. The number of rotatable bonds is 1. The second kappa shape index (κ2) is 2.51. The maximum absolute atomic E-state index is 8.53. The van der Waals surface area contributed by atoms with Crippen molar-refractivity contribution < 1.29 is 5.11 Å². The molecule has 0 saturated carbocycles. The van der Waals surface area contributed by atoms with Gasteiger partial charge in [0.2, 0.25) is 0 Å². The van der Waals surface area contributed by atoms with Gasteiger partial charge in [0.05, 0.1) is 17.7 Å². The van der Waals surface area contributed by atoms with E-state index in [9.17, 15) is 0 Å². The van der Waals surface area contributed by atoms with Crippen LogP contribution in [0.1, 0.15) is 6.92 Å². The largest absolute Gasteiger partial charge is 0.390 e. The summed E-state index contributed by atoms with van der Waals surface area (Å²) < 4.78 is 0. The van der Waals surface area contributed by atoms with Crippen LogP contribution >= 0.6 is 11.8 Å². The van der Waals surface area contributed by atoms with Crippen molar-refractivity contribution in [3.05, 3.63) is 0 Å². The molecule has 0 amide bonds. The second-order valence-electron chi connectivity index (χ2n) is 1.84. The Bertz CT molecular complexity index is 113. The summed E-state index contributed by atoms with van der Waals surface area (Å²) in [6, 6.07) is 0.419. The highest BCUT2D eigenvalue weighted by atomic mass is 32.2. The van der Waals surface area contributed by atoms with Gasteiger partial charge in [-0.15, -0.1) is 11.8 Å². The van der Waals surface area contributed by atoms with Crippen molar-refractivity contribution in [3.63, 3.8) is 0 Å². The summed E-state index contributed by atoms with van der Waals surface area (Å²) in [5, 5.41) is 9.42. The minimum Gasteiger partial charge on any atom is -0.390 e. The Morgan fingerprint density at radius 1 is 2.00 bits per heavy atom. The monoisotopic (exact) mass is 131 g/mol. The topological polar surface area (TPSA) is 32.6 Å². The second-order valence-corrected chi connectivity index (χ2v) is 2.93. The highest BCUT2D eigenvalue weighted by molar-refractivity contribution is 8.14. The summed E-state index contributed by atoms with van der Waals surface area (Å²) in [4.78, 5) is 4.14. The van der Waals surface area contributed by atoms with Crippen molar-refractivity contribution >= 4 is 16.8 Å². The quantitative estimate of drug-likeness (QED) is 0.562. The van der Waals surface area contributed by atoms with E-state index >= 15 is 0 Å². The maximum atomic E-state index is 8.53. The average molecular weight is 131 g/mol. The van der Waals surface area contributed by atoms with E-state index in [0.29, 0.717) is 6.04 Å². The molecule has 1 aliphatic heterocycles. The molecule has 8 heavy (non-hydrogen) atoms. The summed E-state index contributed by atoms with van der Waals surface area (Å²) in [6.45, 7) is 2.17. The minimum absolute atomic E-state index is 0.120. The Hall–Kier alpha value is -0.0200. The molecular weight excluding hydrogens is 122 g/mol. The Morgan fingerprint density at radius 3 is 3.00 bits per heavy atom. The van der Waals surface area contributed by atoms with E-state index in [1.165, 1.54) is 0 Å². The Kier molecular flexibility index (Phi) is 1.91. The van der Waals surface area contributed by atoms with Crippen LogP contribution in [0.15, 0.2) is 4.99 Å². The zero-order valence-corrected chi connectivity index (χ0v) is 5.61. The molecule has 0 aliphatic carbocycles. The molecule has 0 spiro atoms. The predicted octanol–water partition coefficient (Wildman–Crippen LogP) is 0.512. The fourth-order valence-corrected chi connectivity index (χ4v) is 1.48. The van der Waals surface area contributed by atoms with Crippen LogP contribution in [0.25, 0.3) is 0 Å². The highest BCUT2D eigenvalue weighted by Crippen LogP contribution is 2.16. The molecule has 0 aromatic carbocycles. The van der Waals surface area contributed by atoms with Crippen LogP contribution in [0.2, 0.25) is 0 Å². The van der Waals surface area contributed by atoms with Crippen LogP contribution in [0, 0.1) is 0 Å². The van der Waals surface area contributed by atoms with Gasteiger partial charge in [0.25, 0.3) is 0 Å². The van der Waals surface area contributed by atoms with Crippen LogP contribution in [0.5, 0.6) is 0 Å². The molecule has 46 valence electrons. The fourth-order valence-electron chi connectivity index (χ4n) is 0.624. The molecule has 1 N–H and O–H groups in total. The third-order valence-electron chi connectivity index (χ3n) is 0.991. The summed E-state index contributed by atoms with van der Waals surface area (Å²) in [5.41, 5.74) is 0. The van der Waals surface area contributed by atoms with E-state index in [-0.39, 0.29) is 6.61 Å². The fraction of sp³-hybridized carbons (Fsp3) is 0.800. The zero-order valence-electron chi connectivity index (χ0n) is 4.79. The molecule has 1 heterocycles. The van der Waals surface area contributed by atoms with Gasteiger partial charge in [-0.3, -0.25) is 4.99 Å². The van der Waals surface area contributed by atoms with Crippen molar-refractivity contribution in [2.24, 2.45) is 4.99 Å². The average Bonchev–Trinajstić information content (AvgIpc) is 2.14. The molecule has 0 radical (unpaired) electrons. The molecule has 1 aliphatic rings. The standard InChI is InChI=1S/C5H9NOS/c1-4-3-8-5(2-7)6-4/h4,7H,2-3H2,1H3. The van der Waals surface area contributed by atoms with Crippen LogP contribution < -0.4 is 0 Å². The Balaban J connectivity index is 2.44. The molecule has 0 saturated heterocycles. The lowest BCUT2D eigenvalue weighted by atomic mass is 10.4. The van der Waals surface area contributed by atoms with Gasteiger partial charge in [-0.05, 0) is 6.92 Å². The maximum Gasteiger partial charge on any atom is 0.0935 e. The van der Waals surface area contributed by atoms with Gasteiger partial charge in [0.15, 0.2) is 0 Å². The van der Waals surface area contributed by atoms with Gasteiger partial charge >= 0.3 is 0 Å². The van der Waals surface area contributed by atoms with Crippen LogP contribution in [0.3, 0.4) is 0 Å². The SMILES string of the molecule is CC1CSC(CO)=N1. The number of hydrogen-bond donors (Lipinski definition) is 1. The molecule has 1 atom stereocenters. The lowest BCUT2D eigenvalue weighted by Gasteiger charge is -1.87. The molecule has 3 heteroatoms. The lowest BCUT2D eigenvalue weighted by Crippen LogP contribution is -1.94. The Labute approximate surface area is 53.0 Å². The van der Waals surface area contributed by atoms with Crippen molar-refractivity contribution in [1.29, 1.82) is 0 Å². The molecule has 0 fully saturated rings. The summed E-state index contributed by atoms with van der Waals surface area (Å²) in [5.74, 6) is 1.04. The molecular formula is C5H9NOS. The van der Waals surface area contributed by atoms with Crippen molar-refractivity contribution in [2.75, 3.05) is 12.4 Å². The van der Waals surface area contributed by atoms with Crippen LogP contribution in [0.4, 0.5) is 0 Å². The van der Waals surface area contributed by atoms with Gasteiger partial charge in [0.1, 0.15) is 0 Å². The van der Waals surface area contributed by atoms with Crippen molar-refractivity contribution in [1.82, 2.24) is 0 Å². The first-order valence-electron chi connectivity index (χ1n) is 2.63. The molecule has 0 aromatic rings. The van der Waals surface area contributed by atoms with E-state index in [1.54, 1.807) is 11.8 Å². The van der Waals surface area contributed by atoms with E-state index in [1.807, 2.05) is 0 Å². The van der Waals surface area contributed by atoms with E-state index < -0.39 is 0 Å². The van der Waals surface area contributed by atoms with Gasteiger partial charge in [-0.2, -0.15) is 0 Å². The normalized spacial score (nSPS) is 28.2. The minimum atomic E-state index is 0.120. The summed E-state index contributed by atoms with van der Waals surface area (Å²) >= 11 is 1.65. The number of aliphatic hydroxyl groups excluding tert-OH is 1. The van der Waals surface area contributed by atoms with Crippen molar-refractivity contribution in [3.8, 4) is 0 Å². The summed E-state index contributed by atoms with van der Waals surface area (Å²) in [6.07, 6.45) is 0. The third-order valence-corrected chi connectivity index (χ3v) is 2.21. The summed E-state index contributed by atoms with van der Waals surface area (Å²) in [7, 11) is 0. The number of hydrogen-bond acceptors (Lipinski definition) is 3. The Morgan fingerprint density at radius 2 is 2.75 bits per heavy atom. The van der Waals surface area contributed by atoms with E-state index in [2.05, 4.69) is 11.9 Å². The third kappa shape index (κ3) is 1.23. The number of aliphatic imine (C=N–C) groups is 1. The number of thioether (sulfide) groups is 1. The van der Waals surface area contributed by atoms with Crippen molar-refractivity contribution in [2.45, 2.75) is 13.0 Å². The lowest BCUT2D eigenvalue weighted by molar-refractivity contribution is 0.360. The molecule has 1 unspecified atom stereocenters. The predicted molar refractivity (Wildman–Crippen MR) is 36.4 cm³/mol. The van der Waals surface area contributed by atoms with Gasteiger partial charge in [0, 0.05) is 5.75 Å². The first kappa shape index (κ1) is 6.11. The van der Waals surface area contributed by atoms with E-state index in [4.69, 9.17) is 5.11 Å². The van der Waals surface area contributed by atoms with Gasteiger partial charge < -0.3 is 5.11 Å². The van der Waals surface area contributed by atoms with Gasteiger partial charge in [-0.25, -0.2) is 0 Å². The first-order valence-corrected chi connectivity index (χ1v) is 3.62. The molecule has 0 aromatic heterocycles. The van der Waals surface area contributed by atoms with Crippen LogP contribution in [-0.4, -0.2) is 28.6 Å². The van der Waals surface area contributed by atoms with Gasteiger partial charge in [-0.1, -0.05) is 0 Å². The number of nitrogens with zero attached hydrogens (tertiary/aromatic N) is 1.